The molecular weight excluding hydrogens is 550 g/mol. The third-order valence-corrected chi connectivity index (χ3v) is 8.52. The summed E-state index contributed by atoms with van der Waals surface area (Å²) in [6, 6.07) is 52.2. The normalized spacial score (nSPS) is 11.6. The number of hydrogen-bond donors (Lipinski definition) is 0. The van der Waals surface area contributed by atoms with Crippen molar-refractivity contribution in [2.75, 3.05) is 0 Å². The van der Waals surface area contributed by atoms with E-state index in [1.165, 1.54) is 10.8 Å². The van der Waals surface area contributed by atoms with E-state index in [1.54, 1.807) is 0 Å². The molecule has 0 unspecified atom stereocenters. The number of rotatable bonds is 4. The molecule has 0 aliphatic heterocycles. The number of hydrogen-bond acceptors (Lipinski definition) is 4. The Hall–Kier alpha value is -6.13. The Kier molecular flexibility index (Phi) is 5.78. The van der Waals surface area contributed by atoms with Crippen molar-refractivity contribution in [2.45, 2.75) is 0 Å². The summed E-state index contributed by atoms with van der Waals surface area (Å²) in [4.78, 5) is 15.2. The van der Waals surface area contributed by atoms with E-state index < -0.39 is 0 Å². The van der Waals surface area contributed by atoms with Crippen LogP contribution in [0.5, 0.6) is 0 Å². The van der Waals surface area contributed by atoms with Crippen LogP contribution < -0.4 is 0 Å². The lowest BCUT2D eigenvalue weighted by Gasteiger charge is -2.11. The number of benzene rings is 7. The van der Waals surface area contributed by atoms with Gasteiger partial charge in [0.2, 0.25) is 0 Å². The lowest BCUT2D eigenvalue weighted by molar-refractivity contribution is 0.669. The van der Waals surface area contributed by atoms with Gasteiger partial charge in [0.15, 0.2) is 17.5 Å². The van der Waals surface area contributed by atoms with Gasteiger partial charge in [-0.1, -0.05) is 127 Å². The standard InChI is InChI=1S/C41H25N3O/c1-2-12-28(13-3-1)39-42-40(33-17-8-15-27-11-6-7-16-32(27)33)44-41(43-39)35-18-9-19-36-38(35)34-23-22-31(25-37(34)45-36)30-21-20-26-10-4-5-14-29(26)24-30/h1-25H. The molecule has 0 spiro atoms. The fraction of sp³-hybridized carbons (Fsp3) is 0. The summed E-state index contributed by atoms with van der Waals surface area (Å²) in [6.07, 6.45) is 0. The molecule has 4 nitrogen and oxygen atoms in total. The van der Waals surface area contributed by atoms with Gasteiger partial charge in [-0.15, -0.1) is 0 Å². The number of fused-ring (bicyclic) bond motifs is 5. The summed E-state index contributed by atoms with van der Waals surface area (Å²) < 4.78 is 6.48. The highest BCUT2D eigenvalue weighted by Gasteiger charge is 2.19. The molecule has 0 radical (unpaired) electrons. The Morgan fingerprint density at radius 2 is 1.00 bits per heavy atom. The smallest absolute Gasteiger partial charge is 0.164 e. The van der Waals surface area contributed by atoms with Crippen molar-refractivity contribution < 1.29 is 4.42 Å². The summed E-state index contributed by atoms with van der Waals surface area (Å²) in [5.74, 6) is 1.88. The van der Waals surface area contributed by atoms with Crippen molar-refractivity contribution in [3.8, 4) is 45.3 Å². The minimum absolute atomic E-state index is 0.610. The third-order valence-electron chi connectivity index (χ3n) is 8.52. The van der Waals surface area contributed by atoms with Gasteiger partial charge in [-0.25, -0.2) is 15.0 Å². The molecule has 0 N–H and O–H groups in total. The van der Waals surface area contributed by atoms with Crippen LogP contribution in [0.2, 0.25) is 0 Å². The Morgan fingerprint density at radius 1 is 0.356 bits per heavy atom. The molecular formula is C41H25N3O. The van der Waals surface area contributed by atoms with Crippen molar-refractivity contribution in [2.24, 2.45) is 0 Å². The van der Waals surface area contributed by atoms with Gasteiger partial charge in [-0.2, -0.15) is 0 Å². The maximum absolute atomic E-state index is 6.48. The van der Waals surface area contributed by atoms with Crippen molar-refractivity contribution in [3.63, 3.8) is 0 Å². The van der Waals surface area contributed by atoms with Crippen LogP contribution in [0.25, 0.3) is 88.8 Å². The van der Waals surface area contributed by atoms with Crippen LogP contribution in [0, 0.1) is 0 Å². The van der Waals surface area contributed by atoms with E-state index in [-0.39, 0.29) is 0 Å². The predicted octanol–water partition coefficient (Wildman–Crippen LogP) is 10.7. The van der Waals surface area contributed by atoms with Crippen LogP contribution in [0.1, 0.15) is 0 Å². The zero-order valence-electron chi connectivity index (χ0n) is 24.2. The molecule has 9 rings (SSSR count). The summed E-state index contributed by atoms with van der Waals surface area (Å²) in [5, 5.41) is 6.71. The van der Waals surface area contributed by atoms with E-state index in [9.17, 15) is 0 Å². The van der Waals surface area contributed by atoms with Gasteiger partial charge in [-0.3, -0.25) is 0 Å². The SMILES string of the molecule is c1ccc(-c2nc(-c3cccc4ccccc34)nc(-c3cccc4oc5cc(-c6ccc7ccccc7c6)ccc5c34)n2)cc1. The molecule has 210 valence electrons. The molecule has 0 amide bonds. The Morgan fingerprint density at radius 3 is 1.89 bits per heavy atom. The lowest BCUT2D eigenvalue weighted by Crippen LogP contribution is -2.00. The highest BCUT2D eigenvalue weighted by Crippen LogP contribution is 2.39. The van der Waals surface area contributed by atoms with Crippen LogP contribution in [-0.4, -0.2) is 15.0 Å². The quantitative estimate of drug-likeness (QED) is 0.209. The first-order chi connectivity index (χ1) is 22.3. The Balaban J connectivity index is 1.25. The highest BCUT2D eigenvalue weighted by molar-refractivity contribution is 6.12. The van der Waals surface area contributed by atoms with Gasteiger partial charge in [0.05, 0.1) is 0 Å². The largest absolute Gasteiger partial charge is 0.456 e. The molecule has 7 aromatic carbocycles. The fourth-order valence-corrected chi connectivity index (χ4v) is 6.31. The molecule has 4 heteroatoms. The first-order valence-electron chi connectivity index (χ1n) is 15.0. The summed E-state index contributed by atoms with van der Waals surface area (Å²) in [6.45, 7) is 0. The van der Waals surface area contributed by atoms with E-state index in [0.717, 1.165) is 60.5 Å². The summed E-state index contributed by atoms with van der Waals surface area (Å²) in [7, 11) is 0. The van der Waals surface area contributed by atoms with Crippen molar-refractivity contribution in [3.05, 3.63) is 152 Å². The van der Waals surface area contributed by atoms with Crippen molar-refractivity contribution >= 4 is 43.5 Å². The molecule has 0 fully saturated rings. The van der Waals surface area contributed by atoms with Gasteiger partial charge < -0.3 is 4.42 Å². The van der Waals surface area contributed by atoms with Crippen LogP contribution in [0.15, 0.2) is 156 Å². The first-order valence-corrected chi connectivity index (χ1v) is 15.0. The van der Waals surface area contributed by atoms with Crippen molar-refractivity contribution in [1.82, 2.24) is 15.0 Å². The topological polar surface area (TPSA) is 51.8 Å². The number of nitrogens with zero attached hydrogens (tertiary/aromatic N) is 3. The van der Waals surface area contributed by atoms with Crippen LogP contribution in [-0.2, 0) is 0 Å². The zero-order chi connectivity index (χ0) is 29.7. The molecule has 2 heterocycles. The second-order valence-electron chi connectivity index (χ2n) is 11.3. The molecule has 9 aromatic rings. The molecule has 0 aliphatic rings. The van der Waals surface area contributed by atoms with Crippen LogP contribution >= 0.6 is 0 Å². The second kappa shape index (κ2) is 10.2. The molecule has 0 atom stereocenters. The van der Waals surface area contributed by atoms with Crippen molar-refractivity contribution in [1.29, 1.82) is 0 Å². The van der Waals surface area contributed by atoms with Crippen LogP contribution in [0.3, 0.4) is 0 Å². The zero-order valence-corrected chi connectivity index (χ0v) is 24.2. The minimum atomic E-state index is 0.610. The highest BCUT2D eigenvalue weighted by atomic mass is 16.3. The average Bonchev–Trinajstić information content (AvgIpc) is 3.49. The second-order valence-corrected chi connectivity index (χ2v) is 11.3. The summed E-state index contributed by atoms with van der Waals surface area (Å²) >= 11 is 0. The number of aromatic nitrogens is 3. The molecule has 2 aromatic heterocycles. The van der Waals surface area contributed by atoms with Gasteiger partial charge >= 0.3 is 0 Å². The molecule has 0 saturated heterocycles. The monoisotopic (exact) mass is 575 g/mol. The molecule has 45 heavy (non-hydrogen) atoms. The van der Waals surface area contributed by atoms with E-state index in [1.807, 2.05) is 42.5 Å². The van der Waals surface area contributed by atoms with Gasteiger partial charge in [-0.05, 0) is 56.9 Å². The van der Waals surface area contributed by atoms with Gasteiger partial charge in [0.25, 0.3) is 0 Å². The van der Waals surface area contributed by atoms with Gasteiger partial charge in [0.1, 0.15) is 11.2 Å². The first kappa shape index (κ1) is 25.4. The van der Waals surface area contributed by atoms with E-state index in [2.05, 4.69) is 109 Å². The number of furan rings is 1. The third kappa shape index (κ3) is 4.35. The maximum Gasteiger partial charge on any atom is 0.164 e. The van der Waals surface area contributed by atoms with Gasteiger partial charge in [0, 0.05) is 27.5 Å². The maximum atomic E-state index is 6.48. The van der Waals surface area contributed by atoms with Crippen LogP contribution in [0.4, 0.5) is 0 Å². The van der Waals surface area contributed by atoms with E-state index >= 15 is 0 Å². The Bertz CT molecular complexity index is 2540. The lowest BCUT2D eigenvalue weighted by atomic mass is 9.99. The molecule has 0 aliphatic carbocycles. The minimum Gasteiger partial charge on any atom is -0.456 e. The van der Waals surface area contributed by atoms with E-state index in [4.69, 9.17) is 19.4 Å². The molecule has 0 bridgehead atoms. The fourth-order valence-electron chi connectivity index (χ4n) is 6.31. The predicted molar refractivity (Wildman–Crippen MR) is 184 cm³/mol. The van der Waals surface area contributed by atoms with E-state index in [0.29, 0.717) is 17.5 Å². The average molecular weight is 576 g/mol. The Labute approximate surface area is 259 Å². The summed E-state index contributed by atoms with van der Waals surface area (Å²) in [5.41, 5.74) is 6.71. The molecule has 0 saturated carbocycles.